The van der Waals surface area contributed by atoms with E-state index in [1.807, 2.05) is 6.07 Å². The highest BCUT2D eigenvalue weighted by molar-refractivity contribution is 7.92. The van der Waals surface area contributed by atoms with Crippen molar-refractivity contribution in [3.05, 3.63) is 53.9 Å². The number of nitrogens with one attached hydrogen (secondary N) is 1. The Kier molecular flexibility index (Phi) is 3.50. The second-order valence-corrected chi connectivity index (χ2v) is 7.53. The van der Waals surface area contributed by atoms with Crippen LogP contribution >= 0.6 is 0 Å². The molecule has 2 N–H and O–H groups in total. The van der Waals surface area contributed by atoms with E-state index in [2.05, 4.69) is 14.8 Å². The Balaban J connectivity index is 1.69. The van der Waals surface area contributed by atoms with E-state index in [0.29, 0.717) is 22.9 Å². The molecule has 1 fully saturated rings. The van der Waals surface area contributed by atoms with Crippen molar-refractivity contribution in [3.8, 4) is 0 Å². The number of aliphatic hydroxyl groups excluding tert-OH is 1. The van der Waals surface area contributed by atoms with Gasteiger partial charge in [-0.15, -0.1) is 0 Å². The molecular weight excluding hydrogens is 328 g/mol. The van der Waals surface area contributed by atoms with Gasteiger partial charge in [0.25, 0.3) is 10.0 Å². The first kappa shape index (κ1) is 15.1. The van der Waals surface area contributed by atoms with Crippen molar-refractivity contribution in [2.45, 2.75) is 30.3 Å². The van der Waals surface area contributed by atoms with E-state index < -0.39 is 10.0 Å². The van der Waals surface area contributed by atoms with Crippen LogP contribution in [-0.2, 0) is 16.6 Å². The van der Waals surface area contributed by atoms with E-state index in [9.17, 15) is 8.42 Å². The van der Waals surface area contributed by atoms with E-state index in [4.69, 9.17) is 5.11 Å². The molecule has 1 aliphatic carbocycles. The minimum atomic E-state index is -3.75. The largest absolute Gasteiger partial charge is 0.392 e. The van der Waals surface area contributed by atoms with Crippen molar-refractivity contribution >= 4 is 21.5 Å². The fourth-order valence-corrected chi connectivity index (χ4v) is 3.58. The quantitative estimate of drug-likeness (QED) is 0.737. The number of hydrogen-bond donors (Lipinski definition) is 2. The highest BCUT2D eigenvalue weighted by Gasteiger charge is 2.27. The van der Waals surface area contributed by atoms with Crippen LogP contribution in [0.15, 0.2) is 47.5 Å². The van der Waals surface area contributed by atoms with Gasteiger partial charge in [-0.1, -0.05) is 12.1 Å². The Morgan fingerprint density at radius 2 is 1.96 bits per heavy atom. The molecule has 3 aromatic rings. The maximum Gasteiger partial charge on any atom is 0.263 e. The number of fused-ring (bicyclic) bond motifs is 1. The monoisotopic (exact) mass is 344 g/mol. The van der Waals surface area contributed by atoms with Crippen molar-refractivity contribution in [1.29, 1.82) is 0 Å². The molecule has 2 heterocycles. The summed E-state index contributed by atoms with van der Waals surface area (Å²) in [6, 6.07) is 9.56. The molecule has 1 aliphatic rings. The van der Waals surface area contributed by atoms with Gasteiger partial charge in [0.2, 0.25) is 0 Å². The van der Waals surface area contributed by atoms with Crippen LogP contribution in [0.25, 0.3) is 5.65 Å². The lowest BCUT2D eigenvalue weighted by Gasteiger charge is -2.09. The molecule has 124 valence electrons. The summed E-state index contributed by atoms with van der Waals surface area (Å²) in [6.07, 6.45) is 3.78. The summed E-state index contributed by atoms with van der Waals surface area (Å²) in [6.45, 7) is -0.129. The molecule has 0 atom stereocenters. The summed E-state index contributed by atoms with van der Waals surface area (Å²) < 4.78 is 29.2. The lowest BCUT2D eigenvalue weighted by Crippen LogP contribution is -2.15. The molecule has 1 aromatic carbocycles. The van der Waals surface area contributed by atoms with Gasteiger partial charge in [0.15, 0.2) is 5.65 Å². The number of rotatable bonds is 5. The Morgan fingerprint density at radius 3 is 2.62 bits per heavy atom. The minimum absolute atomic E-state index is 0.124. The number of aliphatic hydroxyl groups is 1. The SMILES string of the molecule is O=S(=O)(Nc1ccnc2cc(C3CC3)nn12)c1ccc(CO)cc1. The molecule has 0 bridgehead atoms. The Bertz CT molecular complexity index is 992. The van der Waals surface area contributed by atoms with Crippen LogP contribution in [-0.4, -0.2) is 28.1 Å². The molecule has 0 radical (unpaired) electrons. The zero-order valence-corrected chi connectivity index (χ0v) is 13.6. The number of aromatic nitrogens is 3. The van der Waals surface area contributed by atoms with Crippen LogP contribution in [0.2, 0.25) is 0 Å². The third-order valence-corrected chi connectivity index (χ3v) is 5.40. The van der Waals surface area contributed by atoms with Crippen LogP contribution in [0, 0.1) is 0 Å². The average Bonchev–Trinajstić information content (AvgIpc) is 3.34. The van der Waals surface area contributed by atoms with Crippen molar-refractivity contribution in [2.75, 3.05) is 4.72 Å². The number of benzene rings is 1. The predicted molar refractivity (Wildman–Crippen MR) is 88.1 cm³/mol. The van der Waals surface area contributed by atoms with Gasteiger partial charge in [-0.05, 0) is 36.6 Å². The second kappa shape index (κ2) is 5.57. The van der Waals surface area contributed by atoms with Gasteiger partial charge in [0.05, 0.1) is 17.2 Å². The smallest absolute Gasteiger partial charge is 0.263 e. The highest BCUT2D eigenvalue weighted by Crippen LogP contribution is 2.39. The number of sulfonamides is 1. The second-order valence-electron chi connectivity index (χ2n) is 5.85. The van der Waals surface area contributed by atoms with Crippen LogP contribution in [0.4, 0.5) is 5.82 Å². The summed E-state index contributed by atoms with van der Waals surface area (Å²) in [4.78, 5) is 4.36. The van der Waals surface area contributed by atoms with Gasteiger partial charge in [-0.3, -0.25) is 4.72 Å². The van der Waals surface area contributed by atoms with Gasteiger partial charge >= 0.3 is 0 Å². The van der Waals surface area contributed by atoms with Crippen LogP contribution in [0.5, 0.6) is 0 Å². The maximum atomic E-state index is 12.6. The molecular formula is C16H16N4O3S. The van der Waals surface area contributed by atoms with Crippen LogP contribution < -0.4 is 4.72 Å². The molecule has 4 rings (SSSR count). The van der Waals surface area contributed by atoms with Gasteiger partial charge in [-0.25, -0.2) is 13.4 Å². The molecule has 2 aromatic heterocycles. The minimum Gasteiger partial charge on any atom is -0.392 e. The first-order valence-electron chi connectivity index (χ1n) is 7.64. The molecule has 0 amide bonds. The summed E-state index contributed by atoms with van der Waals surface area (Å²) in [5.41, 5.74) is 2.22. The summed E-state index contributed by atoms with van der Waals surface area (Å²) in [5.74, 6) is 0.806. The summed E-state index contributed by atoms with van der Waals surface area (Å²) in [7, 11) is -3.75. The van der Waals surface area contributed by atoms with E-state index >= 15 is 0 Å². The molecule has 8 heteroatoms. The zero-order valence-electron chi connectivity index (χ0n) is 12.8. The fraction of sp³-hybridized carbons (Fsp3) is 0.250. The van der Waals surface area contributed by atoms with E-state index in [-0.39, 0.29) is 11.5 Å². The molecule has 0 unspecified atom stereocenters. The Morgan fingerprint density at radius 1 is 1.21 bits per heavy atom. The number of anilines is 1. The summed E-state index contributed by atoms with van der Waals surface area (Å²) in [5, 5.41) is 13.5. The van der Waals surface area contributed by atoms with Gasteiger partial charge in [0, 0.05) is 18.2 Å². The van der Waals surface area contributed by atoms with Gasteiger partial charge < -0.3 is 5.11 Å². The maximum absolute atomic E-state index is 12.6. The topological polar surface area (TPSA) is 96.6 Å². The molecule has 1 saturated carbocycles. The van der Waals surface area contributed by atoms with E-state index in [0.717, 1.165) is 18.5 Å². The van der Waals surface area contributed by atoms with E-state index in [1.165, 1.54) is 16.6 Å². The number of nitrogens with zero attached hydrogens (tertiary/aromatic N) is 3. The average molecular weight is 344 g/mol. The molecule has 24 heavy (non-hydrogen) atoms. The van der Waals surface area contributed by atoms with Crippen molar-refractivity contribution < 1.29 is 13.5 Å². The lowest BCUT2D eigenvalue weighted by molar-refractivity contribution is 0.282. The first-order chi connectivity index (χ1) is 11.6. The molecule has 7 nitrogen and oxygen atoms in total. The van der Waals surface area contributed by atoms with Crippen molar-refractivity contribution in [1.82, 2.24) is 14.6 Å². The first-order valence-corrected chi connectivity index (χ1v) is 9.12. The standard InChI is InChI=1S/C16H16N4O3S/c21-10-11-1-5-13(6-2-11)24(22,23)19-15-7-8-17-16-9-14(12-3-4-12)18-20(15)16/h1-2,5-9,12,19,21H,3-4,10H2. The molecule has 0 aliphatic heterocycles. The number of hydrogen-bond acceptors (Lipinski definition) is 5. The van der Waals surface area contributed by atoms with Gasteiger partial charge in [-0.2, -0.15) is 9.61 Å². The third-order valence-electron chi connectivity index (χ3n) is 4.03. The highest BCUT2D eigenvalue weighted by atomic mass is 32.2. The molecule has 0 saturated heterocycles. The van der Waals surface area contributed by atoms with Crippen LogP contribution in [0.1, 0.15) is 30.0 Å². The van der Waals surface area contributed by atoms with Gasteiger partial charge in [0.1, 0.15) is 5.82 Å². The normalized spacial score (nSPS) is 14.9. The molecule has 0 spiro atoms. The van der Waals surface area contributed by atoms with E-state index in [1.54, 1.807) is 24.4 Å². The summed E-state index contributed by atoms with van der Waals surface area (Å²) >= 11 is 0. The van der Waals surface area contributed by atoms with Crippen molar-refractivity contribution in [3.63, 3.8) is 0 Å². The third kappa shape index (κ3) is 2.74. The Labute approximate surface area is 139 Å². The predicted octanol–water partition coefficient (Wildman–Crippen LogP) is 1.90. The van der Waals surface area contributed by atoms with Crippen LogP contribution in [0.3, 0.4) is 0 Å². The zero-order chi connectivity index (χ0) is 16.7. The lowest BCUT2D eigenvalue weighted by atomic mass is 10.2. The Hall–Kier alpha value is -2.45. The fourth-order valence-electron chi connectivity index (χ4n) is 2.54. The van der Waals surface area contributed by atoms with Crippen molar-refractivity contribution in [2.24, 2.45) is 0 Å².